The van der Waals surface area contributed by atoms with Crippen molar-refractivity contribution in [3.63, 3.8) is 0 Å². The Hall–Kier alpha value is -2.39. The number of nitrogens with zero attached hydrogens (tertiary/aromatic N) is 3. The van der Waals surface area contributed by atoms with Crippen LogP contribution in [0.3, 0.4) is 0 Å². The van der Waals surface area contributed by atoms with Gasteiger partial charge in [-0.25, -0.2) is 4.79 Å². The first kappa shape index (κ1) is 13.1. The molecule has 0 N–H and O–H groups in total. The maximum atomic E-state index is 10.1. The number of hydrogen-bond acceptors (Lipinski definition) is 4. The van der Waals surface area contributed by atoms with Crippen molar-refractivity contribution in [2.45, 2.75) is 27.0 Å². The highest BCUT2D eigenvalue weighted by Crippen LogP contribution is 2.19. The van der Waals surface area contributed by atoms with E-state index in [0.717, 1.165) is 23.6 Å². The lowest BCUT2D eigenvalue weighted by atomic mass is 10.3. The fraction of sp³-hybridized carbons (Fsp3) is 0.286. The van der Waals surface area contributed by atoms with Crippen LogP contribution in [0, 0.1) is 6.92 Å². The molecule has 2 rings (SSSR count). The molecule has 1 heterocycles. The first-order valence-electron chi connectivity index (χ1n) is 6.06. The van der Waals surface area contributed by atoms with Gasteiger partial charge in [0.2, 0.25) is 6.08 Å². The molecule has 5 heteroatoms. The number of aryl methyl sites for hydroxylation is 2. The van der Waals surface area contributed by atoms with Crippen LogP contribution >= 0.6 is 0 Å². The first-order valence-corrected chi connectivity index (χ1v) is 6.06. The van der Waals surface area contributed by atoms with Crippen molar-refractivity contribution >= 4 is 11.8 Å². The molecule has 0 aliphatic carbocycles. The zero-order valence-corrected chi connectivity index (χ0v) is 11.0. The molecule has 98 valence electrons. The van der Waals surface area contributed by atoms with Gasteiger partial charge >= 0.3 is 0 Å². The van der Waals surface area contributed by atoms with E-state index in [-0.39, 0.29) is 0 Å². The van der Waals surface area contributed by atoms with E-state index in [2.05, 4.69) is 10.1 Å². The highest BCUT2D eigenvalue weighted by molar-refractivity contribution is 5.50. The minimum Gasteiger partial charge on any atom is -0.489 e. The number of rotatable bonds is 5. The van der Waals surface area contributed by atoms with Crippen LogP contribution in [-0.4, -0.2) is 15.9 Å². The predicted molar refractivity (Wildman–Crippen MR) is 71.2 cm³/mol. The first-order chi connectivity index (χ1) is 9.22. The molecular weight excluding hydrogens is 242 g/mol. The van der Waals surface area contributed by atoms with Crippen molar-refractivity contribution < 1.29 is 9.53 Å². The number of hydrogen-bond donors (Lipinski definition) is 0. The maximum absolute atomic E-state index is 10.1. The highest BCUT2D eigenvalue weighted by Gasteiger charge is 2.04. The summed E-state index contributed by atoms with van der Waals surface area (Å²) in [5.74, 6) is 0.730. The van der Waals surface area contributed by atoms with Crippen LogP contribution in [0.15, 0.2) is 35.5 Å². The molecule has 0 atom stereocenters. The summed E-state index contributed by atoms with van der Waals surface area (Å²) in [6.07, 6.45) is 3.49. The van der Waals surface area contributed by atoms with E-state index >= 15 is 0 Å². The predicted octanol–water partition coefficient (Wildman–Crippen LogP) is 2.76. The van der Waals surface area contributed by atoms with Gasteiger partial charge in [-0.3, -0.25) is 4.68 Å². The summed E-state index contributed by atoms with van der Waals surface area (Å²) in [7, 11) is 0. The van der Waals surface area contributed by atoms with Crippen LogP contribution in [0.2, 0.25) is 0 Å². The van der Waals surface area contributed by atoms with Crippen molar-refractivity contribution in [1.29, 1.82) is 0 Å². The summed E-state index contributed by atoms with van der Waals surface area (Å²) in [6.45, 7) is 5.33. The molecule has 0 unspecified atom stereocenters. The summed E-state index contributed by atoms with van der Waals surface area (Å²) >= 11 is 0. The molecule has 19 heavy (non-hydrogen) atoms. The van der Waals surface area contributed by atoms with Crippen LogP contribution in [0.5, 0.6) is 5.75 Å². The van der Waals surface area contributed by atoms with E-state index < -0.39 is 0 Å². The topological polar surface area (TPSA) is 56.5 Å². The number of aliphatic imine (C=N–C) groups is 1. The molecular formula is C14H15N3O2. The van der Waals surface area contributed by atoms with Crippen LogP contribution in [0.4, 0.5) is 5.69 Å². The Labute approximate surface area is 111 Å². The molecule has 0 radical (unpaired) electrons. The minimum atomic E-state index is 0.474. The van der Waals surface area contributed by atoms with Gasteiger partial charge in [-0.15, -0.1) is 0 Å². The monoisotopic (exact) mass is 257 g/mol. The molecule has 0 amide bonds. The second-order valence-corrected chi connectivity index (χ2v) is 4.08. The molecule has 0 bridgehead atoms. The lowest BCUT2D eigenvalue weighted by Crippen LogP contribution is -1.95. The van der Waals surface area contributed by atoms with Gasteiger partial charge in [0.25, 0.3) is 0 Å². The van der Waals surface area contributed by atoms with Crippen molar-refractivity contribution in [2.75, 3.05) is 0 Å². The van der Waals surface area contributed by atoms with Gasteiger partial charge < -0.3 is 4.74 Å². The van der Waals surface area contributed by atoms with E-state index in [1.54, 1.807) is 24.3 Å². The fourth-order valence-electron chi connectivity index (χ4n) is 1.69. The van der Waals surface area contributed by atoms with Crippen LogP contribution in [0.1, 0.15) is 18.2 Å². The SMILES string of the molecule is CCn1cc(COc2ccc(N=C=O)cc2)c(C)n1. The summed E-state index contributed by atoms with van der Waals surface area (Å²) in [4.78, 5) is 13.6. The van der Waals surface area contributed by atoms with Gasteiger partial charge in [-0.2, -0.15) is 10.1 Å². The lowest BCUT2D eigenvalue weighted by molar-refractivity contribution is 0.305. The molecule has 0 saturated heterocycles. The zero-order valence-electron chi connectivity index (χ0n) is 11.0. The van der Waals surface area contributed by atoms with Gasteiger partial charge in [0.15, 0.2) is 0 Å². The molecule has 1 aromatic heterocycles. The smallest absolute Gasteiger partial charge is 0.240 e. The van der Waals surface area contributed by atoms with E-state index in [1.807, 2.05) is 24.7 Å². The van der Waals surface area contributed by atoms with Crippen LogP contribution in [0.25, 0.3) is 0 Å². The third-order valence-corrected chi connectivity index (χ3v) is 2.78. The van der Waals surface area contributed by atoms with E-state index in [1.165, 1.54) is 6.08 Å². The average molecular weight is 257 g/mol. The highest BCUT2D eigenvalue weighted by atomic mass is 16.5. The summed E-state index contributed by atoms with van der Waals surface area (Å²) < 4.78 is 7.56. The number of isocyanates is 1. The van der Waals surface area contributed by atoms with Gasteiger partial charge in [0.05, 0.1) is 11.4 Å². The van der Waals surface area contributed by atoms with Crippen molar-refractivity contribution in [3.8, 4) is 5.75 Å². The normalized spacial score (nSPS) is 10.0. The third-order valence-electron chi connectivity index (χ3n) is 2.78. The molecule has 5 nitrogen and oxygen atoms in total. The number of aromatic nitrogens is 2. The van der Waals surface area contributed by atoms with Crippen LogP contribution in [-0.2, 0) is 17.9 Å². The van der Waals surface area contributed by atoms with Crippen molar-refractivity contribution in [1.82, 2.24) is 9.78 Å². The Balaban J connectivity index is 2.01. The van der Waals surface area contributed by atoms with Gasteiger partial charge in [0.1, 0.15) is 12.4 Å². The number of ether oxygens (including phenoxy) is 1. The molecule has 0 spiro atoms. The molecule has 2 aromatic rings. The molecule has 0 aliphatic rings. The van der Waals surface area contributed by atoms with E-state index in [4.69, 9.17) is 4.74 Å². The van der Waals surface area contributed by atoms with Crippen molar-refractivity contribution in [3.05, 3.63) is 41.7 Å². The standard InChI is InChI=1S/C14H15N3O2/c1-3-17-8-12(11(2)16-17)9-19-14-6-4-13(5-7-14)15-10-18/h4-8H,3,9H2,1-2H3. The Kier molecular flexibility index (Phi) is 4.11. The van der Waals surface area contributed by atoms with Gasteiger partial charge in [0, 0.05) is 18.3 Å². The van der Waals surface area contributed by atoms with Gasteiger partial charge in [-0.05, 0) is 38.1 Å². The Morgan fingerprint density at radius 1 is 1.37 bits per heavy atom. The van der Waals surface area contributed by atoms with Crippen molar-refractivity contribution in [2.24, 2.45) is 4.99 Å². The Morgan fingerprint density at radius 2 is 2.11 bits per heavy atom. The maximum Gasteiger partial charge on any atom is 0.240 e. The molecule has 1 aromatic carbocycles. The Morgan fingerprint density at radius 3 is 2.68 bits per heavy atom. The lowest BCUT2D eigenvalue weighted by Gasteiger charge is -2.05. The minimum absolute atomic E-state index is 0.474. The largest absolute Gasteiger partial charge is 0.489 e. The summed E-state index contributed by atoms with van der Waals surface area (Å²) in [5, 5.41) is 4.36. The number of carbonyl (C=O) groups excluding carboxylic acids is 1. The summed E-state index contributed by atoms with van der Waals surface area (Å²) in [6, 6.07) is 6.97. The second kappa shape index (κ2) is 5.98. The third kappa shape index (κ3) is 3.30. The van der Waals surface area contributed by atoms with Gasteiger partial charge in [-0.1, -0.05) is 0 Å². The van der Waals surface area contributed by atoms with E-state index in [9.17, 15) is 4.79 Å². The Bertz CT molecular complexity index is 596. The average Bonchev–Trinajstić information content (AvgIpc) is 2.79. The molecule has 0 aliphatic heterocycles. The molecule has 0 saturated carbocycles. The van der Waals surface area contributed by atoms with Crippen LogP contribution < -0.4 is 4.74 Å². The van der Waals surface area contributed by atoms with E-state index in [0.29, 0.717) is 12.3 Å². The summed E-state index contributed by atoms with van der Waals surface area (Å²) in [5.41, 5.74) is 2.61. The molecule has 0 fully saturated rings. The fourth-order valence-corrected chi connectivity index (χ4v) is 1.69. The quantitative estimate of drug-likeness (QED) is 0.611. The zero-order chi connectivity index (χ0) is 13.7. The second-order valence-electron chi connectivity index (χ2n) is 4.08. The number of benzene rings is 1.